The van der Waals surface area contributed by atoms with Gasteiger partial charge in [-0.2, -0.15) is 0 Å². The molecule has 1 aromatic heterocycles. The smallest absolute Gasteiger partial charge is 0.255 e. The number of pyridine rings is 1. The van der Waals surface area contributed by atoms with E-state index in [4.69, 9.17) is 9.47 Å². The molecule has 6 nitrogen and oxygen atoms in total. The Balaban J connectivity index is 1.62. The fourth-order valence-corrected chi connectivity index (χ4v) is 3.01. The molecule has 0 fully saturated rings. The van der Waals surface area contributed by atoms with Crippen LogP contribution in [0.5, 0.6) is 11.5 Å². The van der Waals surface area contributed by atoms with Crippen LogP contribution in [-0.4, -0.2) is 30.6 Å². The SMILES string of the molecule is CCOc1ccc(CCNC(=O)c2cccnc2Nc2ccccc2)cc1OCC. The van der Waals surface area contributed by atoms with Crippen molar-refractivity contribution in [2.45, 2.75) is 20.3 Å². The molecule has 0 unspecified atom stereocenters. The minimum atomic E-state index is -0.169. The maximum absolute atomic E-state index is 12.7. The van der Waals surface area contributed by atoms with Crippen LogP contribution in [0.3, 0.4) is 0 Å². The van der Waals surface area contributed by atoms with Crippen molar-refractivity contribution >= 4 is 17.4 Å². The molecule has 1 heterocycles. The number of carbonyl (C=O) groups excluding carboxylic acids is 1. The molecule has 0 saturated carbocycles. The van der Waals surface area contributed by atoms with E-state index in [0.717, 1.165) is 22.7 Å². The van der Waals surface area contributed by atoms with Crippen LogP contribution >= 0.6 is 0 Å². The summed E-state index contributed by atoms with van der Waals surface area (Å²) in [5, 5.41) is 6.17. The third-order valence-electron chi connectivity index (χ3n) is 4.40. The van der Waals surface area contributed by atoms with Crippen LogP contribution in [0, 0.1) is 0 Å². The second-order valence-corrected chi connectivity index (χ2v) is 6.54. The van der Waals surface area contributed by atoms with Gasteiger partial charge in [-0.15, -0.1) is 0 Å². The summed E-state index contributed by atoms with van der Waals surface area (Å²) >= 11 is 0. The van der Waals surface area contributed by atoms with E-state index in [-0.39, 0.29) is 5.91 Å². The van der Waals surface area contributed by atoms with Gasteiger partial charge in [-0.1, -0.05) is 24.3 Å². The summed E-state index contributed by atoms with van der Waals surface area (Å²) in [5.41, 5.74) is 2.45. The summed E-state index contributed by atoms with van der Waals surface area (Å²) in [6, 6.07) is 19.0. The number of aromatic nitrogens is 1. The highest BCUT2D eigenvalue weighted by atomic mass is 16.5. The molecule has 0 spiro atoms. The maximum atomic E-state index is 12.7. The fraction of sp³-hybridized carbons (Fsp3) is 0.250. The molecule has 0 aliphatic rings. The zero-order chi connectivity index (χ0) is 21.2. The number of para-hydroxylation sites is 1. The summed E-state index contributed by atoms with van der Waals surface area (Å²) in [4.78, 5) is 17.0. The molecule has 6 heteroatoms. The van der Waals surface area contributed by atoms with Crippen LogP contribution in [0.25, 0.3) is 0 Å². The second kappa shape index (κ2) is 10.9. The Bertz CT molecular complexity index is 961. The molecule has 3 aromatic rings. The number of hydrogen-bond donors (Lipinski definition) is 2. The lowest BCUT2D eigenvalue weighted by Crippen LogP contribution is -2.26. The fourth-order valence-electron chi connectivity index (χ4n) is 3.01. The van der Waals surface area contributed by atoms with Crippen LogP contribution in [0.15, 0.2) is 66.9 Å². The first kappa shape index (κ1) is 21.2. The molecule has 1 amide bonds. The zero-order valence-electron chi connectivity index (χ0n) is 17.4. The summed E-state index contributed by atoms with van der Waals surface area (Å²) < 4.78 is 11.3. The lowest BCUT2D eigenvalue weighted by Gasteiger charge is -2.13. The lowest BCUT2D eigenvalue weighted by molar-refractivity contribution is 0.0954. The Hall–Kier alpha value is -3.54. The van der Waals surface area contributed by atoms with Crippen LogP contribution in [0.2, 0.25) is 0 Å². The molecule has 0 bridgehead atoms. The Kier molecular flexibility index (Phi) is 7.66. The van der Waals surface area contributed by atoms with Gasteiger partial charge >= 0.3 is 0 Å². The molecule has 0 radical (unpaired) electrons. The van der Waals surface area contributed by atoms with Gasteiger partial charge in [0, 0.05) is 18.4 Å². The van der Waals surface area contributed by atoms with Gasteiger partial charge in [0.25, 0.3) is 5.91 Å². The highest BCUT2D eigenvalue weighted by Gasteiger charge is 2.12. The molecular formula is C24H27N3O3. The number of anilines is 2. The summed E-state index contributed by atoms with van der Waals surface area (Å²) in [7, 11) is 0. The van der Waals surface area contributed by atoms with Gasteiger partial charge in [-0.25, -0.2) is 4.98 Å². The molecule has 0 saturated heterocycles. The van der Waals surface area contributed by atoms with Gasteiger partial charge in [0.1, 0.15) is 5.82 Å². The molecular weight excluding hydrogens is 378 g/mol. The van der Waals surface area contributed by atoms with E-state index in [1.54, 1.807) is 18.3 Å². The maximum Gasteiger partial charge on any atom is 0.255 e. The molecule has 0 aliphatic carbocycles. The van der Waals surface area contributed by atoms with Gasteiger partial charge < -0.3 is 20.1 Å². The predicted octanol–water partition coefficient (Wildman–Crippen LogP) is 4.60. The van der Waals surface area contributed by atoms with Crippen LogP contribution in [-0.2, 0) is 6.42 Å². The van der Waals surface area contributed by atoms with E-state index >= 15 is 0 Å². The second-order valence-electron chi connectivity index (χ2n) is 6.54. The number of carbonyl (C=O) groups is 1. The predicted molar refractivity (Wildman–Crippen MR) is 119 cm³/mol. The molecule has 3 rings (SSSR count). The summed E-state index contributed by atoms with van der Waals surface area (Å²) in [6.07, 6.45) is 2.34. The van der Waals surface area contributed by atoms with E-state index in [0.29, 0.717) is 37.6 Å². The van der Waals surface area contributed by atoms with Crippen LogP contribution in [0.1, 0.15) is 29.8 Å². The summed E-state index contributed by atoms with van der Waals surface area (Å²) in [5.74, 6) is 1.82. The standard InChI is InChI=1S/C24H27N3O3/c1-3-29-21-13-12-18(17-22(21)30-4-2)14-16-26-24(28)20-11-8-15-25-23(20)27-19-9-6-5-7-10-19/h5-13,15,17H,3-4,14,16H2,1-2H3,(H,25,27)(H,26,28). The minimum Gasteiger partial charge on any atom is -0.490 e. The number of benzene rings is 2. The van der Waals surface area contributed by atoms with Crippen molar-refractivity contribution in [2.24, 2.45) is 0 Å². The third kappa shape index (κ3) is 5.73. The highest BCUT2D eigenvalue weighted by Crippen LogP contribution is 2.28. The normalized spacial score (nSPS) is 10.3. The van der Waals surface area contributed by atoms with Crippen LogP contribution in [0.4, 0.5) is 11.5 Å². The van der Waals surface area contributed by atoms with Gasteiger partial charge in [-0.3, -0.25) is 4.79 Å². The molecule has 2 aromatic carbocycles. The van der Waals surface area contributed by atoms with Crippen molar-refractivity contribution in [2.75, 3.05) is 25.1 Å². The number of rotatable bonds is 10. The monoisotopic (exact) mass is 405 g/mol. The van der Waals surface area contributed by atoms with E-state index < -0.39 is 0 Å². The largest absolute Gasteiger partial charge is 0.490 e. The number of amides is 1. The quantitative estimate of drug-likeness (QED) is 0.516. The zero-order valence-corrected chi connectivity index (χ0v) is 17.4. The number of hydrogen-bond acceptors (Lipinski definition) is 5. The number of ether oxygens (including phenoxy) is 2. The van der Waals surface area contributed by atoms with Crippen molar-refractivity contribution in [1.29, 1.82) is 0 Å². The average Bonchev–Trinajstić information content (AvgIpc) is 2.77. The highest BCUT2D eigenvalue weighted by molar-refractivity contribution is 5.99. The Morgan fingerprint density at radius 3 is 2.47 bits per heavy atom. The lowest BCUT2D eigenvalue weighted by atomic mass is 10.1. The van der Waals surface area contributed by atoms with Crippen molar-refractivity contribution in [3.05, 3.63) is 78.0 Å². The number of nitrogens with one attached hydrogen (secondary N) is 2. The molecule has 2 N–H and O–H groups in total. The van der Waals surface area contributed by atoms with Gasteiger partial charge in [0.15, 0.2) is 11.5 Å². The first-order valence-electron chi connectivity index (χ1n) is 10.1. The van der Waals surface area contributed by atoms with Gasteiger partial charge in [0.05, 0.1) is 18.8 Å². The van der Waals surface area contributed by atoms with E-state index in [1.165, 1.54) is 0 Å². The number of nitrogens with zero attached hydrogens (tertiary/aromatic N) is 1. The van der Waals surface area contributed by atoms with E-state index in [9.17, 15) is 4.79 Å². The molecule has 156 valence electrons. The summed E-state index contributed by atoms with van der Waals surface area (Å²) in [6.45, 7) is 5.53. The molecule has 0 atom stereocenters. The average molecular weight is 405 g/mol. The molecule has 30 heavy (non-hydrogen) atoms. The Labute approximate surface area is 177 Å². The molecule has 0 aliphatic heterocycles. The van der Waals surface area contributed by atoms with Gasteiger partial charge in [-0.05, 0) is 62.2 Å². The van der Waals surface area contributed by atoms with Crippen molar-refractivity contribution in [3.8, 4) is 11.5 Å². The topological polar surface area (TPSA) is 72.5 Å². The van der Waals surface area contributed by atoms with Crippen molar-refractivity contribution < 1.29 is 14.3 Å². The van der Waals surface area contributed by atoms with E-state index in [1.807, 2.05) is 62.4 Å². The van der Waals surface area contributed by atoms with Crippen LogP contribution < -0.4 is 20.1 Å². The van der Waals surface area contributed by atoms with Crippen molar-refractivity contribution in [3.63, 3.8) is 0 Å². The minimum absolute atomic E-state index is 0.169. The first-order valence-corrected chi connectivity index (χ1v) is 10.1. The van der Waals surface area contributed by atoms with Gasteiger partial charge in [0.2, 0.25) is 0 Å². The Morgan fingerprint density at radius 2 is 1.70 bits per heavy atom. The van der Waals surface area contributed by atoms with Crippen molar-refractivity contribution in [1.82, 2.24) is 10.3 Å². The third-order valence-corrected chi connectivity index (χ3v) is 4.40. The Morgan fingerprint density at radius 1 is 0.933 bits per heavy atom. The van der Waals surface area contributed by atoms with E-state index in [2.05, 4.69) is 15.6 Å². The first-order chi connectivity index (χ1) is 14.7.